The van der Waals surface area contributed by atoms with Crippen molar-refractivity contribution < 1.29 is 14.3 Å². The summed E-state index contributed by atoms with van der Waals surface area (Å²) in [4.78, 5) is 13.4. The van der Waals surface area contributed by atoms with Gasteiger partial charge in [-0.05, 0) is 60.7 Å². The van der Waals surface area contributed by atoms with E-state index in [0.717, 1.165) is 16.1 Å². The molecule has 5 heteroatoms. The van der Waals surface area contributed by atoms with Crippen molar-refractivity contribution in [3.63, 3.8) is 0 Å². The number of ether oxygens (including phenoxy) is 2. The molecule has 4 nitrogen and oxygen atoms in total. The van der Waals surface area contributed by atoms with Crippen molar-refractivity contribution in [3.8, 4) is 5.75 Å². The molecule has 0 bridgehead atoms. The molecule has 0 fully saturated rings. The summed E-state index contributed by atoms with van der Waals surface area (Å²) in [5, 5.41) is 2.89. The van der Waals surface area contributed by atoms with E-state index < -0.39 is 6.10 Å². The smallest absolute Gasteiger partial charge is 0.265 e. The Bertz CT molecular complexity index is 700. The molecule has 1 aliphatic heterocycles. The van der Waals surface area contributed by atoms with Crippen LogP contribution in [0.1, 0.15) is 18.1 Å². The lowest BCUT2D eigenvalue weighted by atomic mass is 10.1. The van der Waals surface area contributed by atoms with Crippen molar-refractivity contribution in [1.82, 2.24) is 0 Å². The molecule has 23 heavy (non-hydrogen) atoms. The second-order valence-corrected chi connectivity index (χ2v) is 6.28. The van der Waals surface area contributed by atoms with Crippen LogP contribution in [0, 0.1) is 0 Å². The summed E-state index contributed by atoms with van der Waals surface area (Å²) < 4.78 is 11.1. The molecule has 1 aliphatic rings. The number of fused-ring (bicyclic) bond motifs is 1. The predicted molar refractivity (Wildman–Crippen MR) is 91.9 cm³/mol. The Morgan fingerprint density at radius 3 is 2.65 bits per heavy atom. The van der Waals surface area contributed by atoms with Gasteiger partial charge in [-0.15, -0.1) is 11.8 Å². The van der Waals surface area contributed by atoms with E-state index in [1.54, 1.807) is 18.7 Å². The van der Waals surface area contributed by atoms with Gasteiger partial charge in [0.25, 0.3) is 5.91 Å². The van der Waals surface area contributed by atoms with E-state index in [0.29, 0.717) is 19.0 Å². The Kier molecular flexibility index (Phi) is 4.88. The van der Waals surface area contributed by atoms with E-state index in [4.69, 9.17) is 9.47 Å². The summed E-state index contributed by atoms with van der Waals surface area (Å²) in [6.45, 7) is 3.00. The van der Waals surface area contributed by atoms with Gasteiger partial charge >= 0.3 is 0 Å². The molecule has 1 heterocycles. The fraction of sp³-hybridized carbons (Fsp3) is 0.278. The van der Waals surface area contributed by atoms with Crippen LogP contribution in [0.3, 0.4) is 0 Å². The molecule has 0 saturated carbocycles. The molecule has 3 rings (SSSR count). The van der Waals surface area contributed by atoms with Crippen LogP contribution >= 0.6 is 11.8 Å². The summed E-state index contributed by atoms with van der Waals surface area (Å²) in [6.07, 6.45) is 1.45. The predicted octanol–water partition coefficient (Wildman–Crippen LogP) is 3.84. The van der Waals surface area contributed by atoms with Gasteiger partial charge in [-0.2, -0.15) is 0 Å². The molecule has 1 unspecified atom stereocenters. The normalized spacial score (nSPS) is 14.2. The minimum atomic E-state index is -0.570. The van der Waals surface area contributed by atoms with Gasteiger partial charge in [0.15, 0.2) is 6.10 Å². The van der Waals surface area contributed by atoms with E-state index in [1.165, 1.54) is 5.56 Å². The summed E-state index contributed by atoms with van der Waals surface area (Å²) in [7, 11) is 0. The summed E-state index contributed by atoms with van der Waals surface area (Å²) >= 11 is 1.67. The van der Waals surface area contributed by atoms with Crippen molar-refractivity contribution in [3.05, 3.63) is 53.6 Å². The van der Waals surface area contributed by atoms with Crippen LogP contribution in [-0.4, -0.2) is 18.3 Å². The average molecular weight is 329 g/mol. The molecule has 2 aromatic rings. The lowest BCUT2D eigenvalue weighted by Crippen LogP contribution is -2.30. The SMILES string of the molecule is CSc1ccc(OC(C)C(=O)Nc2ccc3c(c2)COC3)cc1. The molecule has 0 aliphatic carbocycles. The van der Waals surface area contributed by atoms with Gasteiger partial charge < -0.3 is 14.8 Å². The van der Waals surface area contributed by atoms with Gasteiger partial charge in [0, 0.05) is 10.6 Å². The molecule has 0 aromatic heterocycles. The van der Waals surface area contributed by atoms with Crippen LogP contribution in [0.2, 0.25) is 0 Å². The second kappa shape index (κ2) is 7.06. The van der Waals surface area contributed by atoms with Crippen molar-refractivity contribution in [2.45, 2.75) is 31.1 Å². The van der Waals surface area contributed by atoms with E-state index in [9.17, 15) is 4.79 Å². The van der Waals surface area contributed by atoms with Gasteiger partial charge in [0.1, 0.15) is 5.75 Å². The van der Waals surface area contributed by atoms with Gasteiger partial charge in [-0.25, -0.2) is 0 Å². The zero-order chi connectivity index (χ0) is 16.2. The molecular formula is C18H19NO3S. The number of thioether (sulfide) groups is 1. The van der Waals surface area contributed by atoms with Gasteiger partial charge in [0.05, 0.1) is 13.2 Å². The number of hydrogen-bond acceptors (Lipinski definition) is 4. The highest BCUT2D eigenvalue weighted by Gasteiger charge is 2.17. The molecular weight excluding hydrogens is 310 g/mol. The summed E-state index contributed by atoms with van der Waals surface area (Å²) in [5.41, 5.74) is 3.08. The Morgan fingerprint density at radius 1 is 1.17 bits per heavy atom. The first-order valence-corrected chi connectivity index (χ1v) is 8.69. The first-order valence-electron chi connectivity index (χ1n) is 7.47. The Balaban J connectivity index is 1.60. The van der Waals surface area contributed by atoms with Crippen molar-refractivity contribution >= 4 is 23.4 Å². The zero-order valence-electron chi connectivity index (χ0n) is 13.2. The third kappa shape index (κ3) is 3.86. The lowest BCUT2D eigenvalue weighted by molar-refractivity contribution is -0.122. The van der Waals surface area contributed by atoms with Crippen molar-refractivity contribution in [1.29, 1.82) is 0 Å². The Morgan fingerprint density at radius 2 is 1.91 bits per heavy atom. The maximum atomic E-state index is 12.3. The first-order chi connectivity index (χ1) is 11.2. The number of carbonyl (C=O) groups is 1. The highest BCUT2D eigenvalue weighted by atomic mass is 32.2. The maximum absolute atomic E-state index is 12.3. The fourth-order valence-corrected chi connectivity index (χ4v) is 2.81. The van der Waals surface area contributed by atoms with E-state index >= 15 is 0 Å². The van der Waals surface area contributed by atoms with Gasteiger partial charge in [-0.3, -0.25) is 4.79 Å². The third-order valence-electron chi connectivity index (χ3n) is 3.73. The van der Waals surface area contributed by atoms with E-state index in [2.05, 4.69) is 5.32 Å². The molecule has 1 amide bonds. The van der Waals surface area contributed by atoms with Crippen LogP contribution < -0.4 is 10.1 Å². The van der Waals surface area contributed by atoms with E-state index in [-0.39, 0.29) is 5.91 Å². The Labute approximate surface area is 140 Å². The number of amides is 1. The van der Waals surface area contributed by atoms with Crippen LogP contribution in [0.4, 0.5) is 5.69 Å². The standard InChI is InChI=1S/C18H19NO3S/c1-12(22-16-5-7-17(23-2)8-6-16)18(20)19-15-4-3-13-10-21-11-14(13)9-15/h3-9,12H,10-11H2,1-2H3,(H,19,20). The first kappa shape index (κ1) is 15.9. The van der Waals surface area contributed by atoms with Crippen LogP contribution in [0.25, 0.3) is 0 Å². The largest absolute Gasteiger partial charge is 0.481 e. The molecule has 2 aromatic carbocycles. The van der Waals surface area contributed by atoms with E-state index in [1.807, 2.05) is 48.7 Å². The molecule has 0 saturated heterocycles. The number of benzene rings is 2. The third-order valence-corrected chi connectivity index (χ3v) is 4.47. The zero-order valence-corrected chi connectivity index (χ0v) is 14.0. The number of carbonyl (C=O) groups excluding carboxylic acids is 1. The fourth-order valence-electron chi connectivity index (χ4n) is 2.41. The van der Waals surface area contributed by atoms with Gasteiger partial charge in [-0.1, -0.05) is 6.07 Å². The maximum Gasteiger partial charge on any atom is 0.265 e. The Hall–Kier alpha value is -1.98. The number of anilines is 1. The highest BCUT2D eigenvalue weighted by Crippen LogP contribution is 2.24. The topological polar surface area (TPSA) is 47.6 Å². The number of rotatable bonds is 5. The molecule has 1 atom stereocenters. The molecule has 120 valence electrons. The van der Waals surface area contributed by atoms with Crippen molar-refractivity contribution in [2.75, 3.05) is 11.6 Å². The van der Waals surface area contributed by atoms with Crippen LogP contribution in [0.15, 0.2) is 47.4 Å². The average Bonchev–Trinajstić information content (AvgIpc) is 3.03. The summed E-state index contributed by atoms with van der Waals surface area (Å²) in [6, 6.07) is 13.6. The summed E-state index contributed by atoms with van der Waals surface area (Å²) in [5.74, 6) is 0.519. The molecule has 0 radical (unpaired) electrons. The highest BCUT2D eigenvalue weighted by molar-refractivity contribution is 7.98. The number of nitrogens with one attached hydrogen (secondary N) is 1. The van der Waals surface area contributed by atoms with Crippen LogP contribution in [0.5, 0.6) is 5.75 Å². The monoisotopic (exact) mass is 329 g/mol. The van der Waals surface area contributed by atoms with Crippen molar-refractivity contribution in [2.24, 2.45) is 0 Å². The minimum absolute atomic E-state index is 0.169. The van der Waals surface area contributed by atoms with Gasteiger partial charge in [0.2, 0.25) is 0 Å². The van der Waals surface area contributed by atoms with Crippen LogP contribution in [-0.2, 0) is 22.7 Å². The lowest BCUT2D eigenvalue weighted by Gasteiger charge is -2.15. The quantitative estimate of drug-likeness (QED) is 0.847. The second-order valence-electron chi connectivity index (χ2n) is 5.40. The molecule has 1 N–H and O–H groups in total. The number of hydrogen-bond donors (Lipinski definition) is 1. The molecule has 0 spiro atoms. The minimum Gasteiger partial charge on any atom is -0.481 e.